The van der Waals surface area contributed by atoms with Crippen LogP contribution in [0.5, 0.6) is 0 Å². The topological polar surface area (TPSA) is 49.9 Å². The highest BCUT2D eigenvalue weighted by Gasteiger charge is 2.12. The Labute approximate surface area is 68.8 Å². The van der Waals surface area contributed by atoms with E-state index in [1.165, 1.54) is 6.92 Å². The Bertz CT molecular complexity index is 433. The number of nitrogens with one attached hydrogen (secondary N) is 1. The Morgan fingerprint density at radius 2 is 2.42 bits per heavy atom. The van der Waals surface area contributed by atoms with Crippen molar-refractivity contribution in [2.45, 2.75) is 6.92 Å². The number of Topliss-reactive ketones (excluding diaryl/α,β-unsaturated/α-hetero) is 1. The molecule has 0 spiro atoms. The summed E-state index contributed by atoms with van der Waals surface area (Å²) in [5, 5.41) is 2.85. The molecule has 0 unspecified atom stereocenters. The second kappa shape index (κ2) is 2.41. The van der Waals surface area contributed by atoms with E-state index in [-0.39, 0.29) is 5.78 Å². The number of aromatic nitrogens is 3. The zero-order valence-electron chi connectivity index (χ0n) is 6.61. The second-order valence-electron chi connectivity index (χ2n) is 2.55. The molecular weight excluding hydrogens is 154 g/mol. The highest BCUT2D eigenvalue weighted by Crippen LogP contribution is 1.95. The minimum atomic E-state index is 0.0230. The zero-order chi connectivity index (χ0) is 8.55. The van der Waals surface area contributed by atoms with Crippen LogP contribution in [-0.2, 0) is 0 Å². The SMILES string of the molecule is CC(=O)c1cccc2nc[nH][n+]12. The summed E-state index contributed by atoms with van der Waals surface area (Å²) in [4.78, 5) is 15.1. The van der Waals surface area contributed by atoms with E-state index in [1.807, 2.05) is 12.1 Å². The van der Waals surface area contributed by atoms with Crippen molar-refractivity contribution in [3.63, 3.8) is 0 Å². The Balaban J connectivity index is 2.82. The molecule has 0 aliphatic rings. The van der Waals surface area contributed by atoms with Crippen LogP contribution in [-0.4, -0.2) is 15.9 Å². The maximum absolute atomic E-state index is 11.1. The van der Waals surface area contributed by atoms with E-state index in [4.69, 9.17) is 0 Å². The molecule has 2 aromatic heterocycles. The molecule has 0 saturated carbocycles. The van der Waals surface area contributed by atoms with Crippen molar-refractivity contribution in [3.8, 4) is 0 Å². The monoisotopic (exact) mass is 162 g/mol. The minimum Gasteiger partial charge on any atom is -0.290 e. The van der Waals surface area contributed by atoms with Crippen LogP contribution in [0.3, 0.4) is 0 Å². The van der Waals surface area contributed by atoms with Crippen LogP contribution in [0.1, 0.15) is 17.4 Å². The van der Waals surface area contributed by atoms with Gasteiger partial charge in [-0.1, -0.05) is 0 Å². The summed E-state index contributed by atoms with van der Waals surface area (Å²) in [5.41, 5.74) is 1.37. The van der Waals surface area contributed by atoms with Gasteiger partial charge >= 0.3 is 5.65 Å². The molecule has 2 rings (SSSR count). The third-order valence-corrected chi connectivity index (χ3v) is 1.71. The summed E-state index contributed by atoms with van der Waals surface area (Å²) in [6.45, 7) is 1.53. The molecule has 0 fully saturated rings. The third-order valence-electron chi connectivity index (χ3n) is 1.71. The molecule has 0 amide bonds. The Hall–Kier alpha value is -1.71. The molecule has 2 aromatic rings. The van der Waals surface area contributed by atoms with E-state index < -0.39 is 0 Å². The Morgan fingerprint density at radius 1 is 1.58 bits per heavy atom. The van der Waals surface area contributed by atoms with Crippen molar-refractivity contribution in [1.82, 2.24) is 10.1 Å². The number of nitrogens with zero attached hydrogens (tertiary/aromatic N) is 2. The number of H-pyrrole nitrogens is 1. The molecule has 4 heteroatoms. The van der Waals surface area contributed by atoms with Gasteiger partial charge in [0.2, 0.25) is 12.1 Å². The van der Waals surface area contributed by atoms with Crippen LogP contribution in [0.15, 0.2) is 24.5 Å². The molecule has 1 N–H and O–H groups in total. The largest absolute Gasteiger partial charge is 0.348 e. The average molecular weight is 162 g/mol. The first kappa shape index (κ1) is 6.97. The molecule has 0 saturated heterocycles. The first-order valence-corrected chi connectivity index (χ1v) is 3.64. The summed E-state index contributed by atoms with van der Waals surface area (Å²) in [6.07, 6.45) is 1.56. The standard InChI is InChI=1S/C8H7N3O/c1-6(12)7-3-2-4-8-9-5-10-11(7)8/h2-5H,1H3/p+1. The van der Waals surface area contributed by atoms with Crippen molar-refractivity contribution in [1.29, 1.82) is 0 Å². The highest BCUT2D eigenvalue weighted by atomic mass is 16.1. The highest BCUT2D eigenvalue weighted by molar-refractivity contribution is 5.90. The molecule has 4 nitrogen and oxygen atoms in total. The van der Waals surface area contributed by atoms with Gasteiger partial charge in [0.05, 0.1) is 0 Å². The average Bonchev–Trinajstić information content (AvgIpc) is 2.49. The van der Waals surface area contributed by atoms with Gasteiger partial charge in [-0.05, 0) is 17.1 Å². The molecule has 0 bridgehead atoms. The number of rotatable bonds is 1. The first-order chi connectivity index (χ1) is 5.79. The van der Waals surface area contributed by atoms with Crippen LogP contribution in [0.4, 0.5) is 0 Å². The molecule has 0 aliphatic heterocycles. The summed E-state index contributed by atoms with van der Waals surface area (Å²) in [7, 11) is 0. The maximum Gasteiger partial charge on any atom is 0.348 e. The quantitative estimate of drug-likeness (QED) is 0.486. The van der Waals surface area contributed by atoms with E-state index in [9.17, 15) is 4.79 Å². The van der Waals surface area contributed by atoms with Crippen molar-refractivity contribution >= 4 is 11.4 Å². The molecule has 0 aromatic carbocycles. The first-order valence-electron chi connectivity index (χ1n) is 3.64. The number of aromatic amines is 1. The lowest BCUT2D eigenvalue weighted by Gasteiger charge is -1.90. The van der Waals surface area contributed by atoms with Crippen LogP contribution in [0.2, 0.25) is 0 Å². The van der Waals surface area contributed by atoms with Gasteiger partial charge < -0.3 is 0 Å². The van der Waals surface area contributed by atoms with Gasteiger partial charge in [0.25, 0.3) is 0 Å². The number of pyridine rings is 1. The van der Waals surface area contributed by atoms with E-state index >= 15 is 0 Å². The summed E-state index contributed by atoms with van der Waals surface area (Å²) < 4.78 is 1.66. The van der Waals surface area contributed by atoms with E-state index in [0.717, 1.165) is 5.65 Å². The van der Waals surface area contributed by atoms with Gasteiger partial charge in [-0.25, -0.2) is 0 Å². The normalized spacial score (nSPS) is 10.4. The zero-order valence-corrected chi connectivity index (χ0v) is 6.61. The third kappa shape index (κ3) is 0.887. The molecule has 2 heterocycles. The molecule has 0 radical (unpaired) electrons. The van der Waals surface area contributed by atoms with Crippen LogP contribution < -0.4 is 4.52 Å². The lowest BCUT2D eigenvalue weighted by molar-refractivity contribution is -0.579. The van der Waals surface area contributed by atoms with Gasteiger partial charge in [0.1, 0.15) is 0 Å². The molecule has 60 valence electrons. The fourth-order valence-electron chi connectivity index (χ4n) is 1.16. The Kier molecular flexibility index (Phi) is 1.40. The number of hydrogen-bond donors (Lipinski definition) is 1. The lowest BCUT2D eigenvalue weighted by Crippen LogP contribution is -2.30. The second-order valence-corrected chi connectivity index (χ2v) is 2.55. The lowest BCUT2D eigenvalue weighted by atomic mass is 10.3. The van der Waals surface area contributed by atoms with Crippen molar-refractivity contribution in [2.24, 2.45) is 0 Å². The molecule has 0 atom stereocenters. The fourth-order valence-corrected chi connectivity index (χ4v) is 1.16. The van der Waals surface area contributed by atoms with Gasteiger partial charge in [-0.15, -0.1) is 4.52 Å². The van der Waals surface area contributed by atoms with Gasteiger partial charge in [0, 0.05) is 13.0 Å². The number of carbonyl (C=O) groups excluding carboxylic acids is 1. The van der Waals surface area contributed by atoms with Crippen LogP contribution in [0.25, 0.3) is 5.65 Å². The smallest absolute Gasteiger partial charge is 0.290 e. The summed E-state index contributed by atoms with van der Waals surface area (Å²) in [5.74, 6) is 0.0230. The number of ketones is 1. The number of carbonyl (C=O) groups is 1. The van der Waals surface area contributed by atoms with E-state index in [1.54, 1.807) is 16.9 Å². The van der Waals surface area contributed by atoms with Crippen molar-refractivity contribution < 1.29 is 9.31 Å². The van der Waals surface area contributed by atoms with Gasteiger partial charge in [0.15, 0.2) is 5.69 Å². The van der Waals surface area contributed by atoms with Gasteiger partial charge in [-0.3, -0.25) is 4.79 Å². The van der Waals surface area contributed by atoms with Crippen molar-refractivity contribution in [3.05, 3.63) is 30.2 Å². The summed E-state index contributed by atoms with van der Waals surface area (Å²) in [6, 6.07) is 5.41. The summed E-state index contributed by atoms with van der Waals surface area (Å²) >= 11 is 0. The van der Waals surface area contributed by atoms with Crippen LogP contribution >= 0.6 is 0 Å². The van der Waals surface area contributed by atoms with Crippen molar-refractivity contribution in [2.75, 3.05) is 0 Å². The van der Waals surface area contributed by atoms with Gasteiger partial charge in [-0.2, -0.15) is 5.10 Å². The van der Waals surface area contributed by atoms with E-state index in [2.05, 4.69) is 10.1 Å². The molecule has 12 heavy (non-hydrogen) atoms. The predicted octanol–water partition coefficient (Wildman–Crippen LogP) is 0.351. The molecule has 0 aliphatic carbocycles. The maximum atomic E-state index is 11.1. The predicted molar refractivity (Wildman–Crippen MR) is 41.8 cm³/mol. The fraction of sp³-hybridized carbons (Fsp3) is 0.125. The van der Waals surface area contributed by atoms with E-state index in [0.29, 0.717) is 5.69 Å². The molecular formula is C8H8N3O+. The minimum absolute atomic E-state index is 0.0230. The van der Waals surface area contributed by atoms with Crippen LogP contribution in [0, 0.1) is 0 Å². The Morgan fingerprint density at radius 3 is 3.17 bits per heavy atom. The number of fused-ring (bicyclic) bond motifs is 1. The number of hydrogen-bond acceptors (Lipinski definition) is 2.